The molecular weight excluding hydrogens is 277 g/mol. The molecule has 2 heterocycles. The number of benzene rings is 1. The fourth-order valence-corrected chi connectivity index (χ4v) is 2.51. The second-order valence-corrected chi connectivity index (χ2v) is 5.00. The number of aromatic nitrogens is 2. The molecule has 1 fully saturated rings. The van der Waals surface area contributed by atoms with E-state index in [1.807, 2.05) is 0 Å². The van der Waals surface area contributed by atoms with E-state index in [0.29, 0.717) is 19.0 Å². The van der Waals surface area contributed by atoms with Crippen LogP contribution in [0.3, 0.4) is 0 Å². The molecule has 1 atom stereocenters. The molecule has 7 heteroatoms. The zero-order chi connectivity index (χ0) is 14.8. The van der Waals surface area contributed by atoms with Gasteiger partial charge in [0.1, 0.15) is 5.82 Å². The van der Waals surface area contributed by atoms with Gasteiger partial charge in [0.2, 0.25) is 11.7 Å². The SMILES string of the molecule is O=C(O)N1CCCC(c2nc(-c3ccccc3F)no2)C1. The third kappa shape index (κ3) is 2.72. The Bertz CT molecular complexity index is 658. The third-order valence-electron chi connectivity index (χ3n) is 3.60. The van der Waals surface area contributed by atoms with Crippen molar-refractivity contribution in [2.75, 3.05) is 13.1 Å². The molecule has 1 aromatic heterocycles. The lowest BCUT2D eigenvalue weighted by Crippen LogP contribution is -2.38. The zero-order valence-electron chi connectivity index (χ0n) is 11.2. The van der Waals surface area contributed by atoms with E-state index >= 15 is 0 Å². The van der Waals surface area contributed by atoms with Crippen molar-refractivity contribution in [2.24, 2.45) is 0 Å². The van der Waals surface area contributed by atoms with E-state index in [9.17, 15) is 9.18 Å². The smallest absolute Gasteiger partial charge is 0.407 e. The van der Waals surface area contributed by atoms with Crippen molar-refractivity contribution in [3.05, 3.63) is 36.0 Å². The highest BCUT2D eigenvalue weighted by Gasteiger charge is 2.28. The minimum Gasteiger partial charge on any atom is -0.465 e. The number of carboxylic acid groups (broad SMARTS) is 1. The van der Waals surface area contributed by atoms with Crippen LogP contribution in [-0.2, 0) is 0 Å². The largest absolute Gasteiger partial charge is 0.465 e. The normalized spacial score (nSPS) is 18.7. The quantitative estimate of drug-likeness (QED) is 0.920. The van der Waals surface area contributed by atoms with Gasteiger partial charge in [-0.3, -0.25) is 0 Å². The van der Waals surface area contributed by atoms with Crippen molar-refractivity contribution in [3.63, 3.8) is 0 Å². The van der Waals surface area contributed by atoms with Crippen LogP contribution in [0.2, 0.25) is 0 Å². The minimum atomic E-state index is -0.950. The second-order valence-electron chi connectivity index (χ2n) is 5.00. The Labute approximate surface area is 120 Å². The number of carbonyl (C=O) groups is 1. The number of likely N-dealkylation sites (tertiary alicyclic amines) is 1. The number of halogens is 1. The fourth-order valence-electron chi connectivity index (χ4n) is 2.51. The van der Waals surface area contributed by atoms with Crippen molar-refractivity contribution >= 4 is 6.09 Å². The number of nitrogens with zero attached hydrogens (tertiary/aromatic N) is 3. The van der Waals surface area contributed by atoms with Gasteiger partial charge in [0.05, 0.1) is 11.5 Å². The van der Waals surface area contributed by atoms with Gasteiger partial charge in [-0.15, -0.1) is 0 Å². The Morgan fingerprint density at radius 3 is 3.00 bits per heavy atom. The van der Waals surface area contributed by atoms with Crippen molar-refractivity contribution < 1.29 is 18.8 Å². The summed E-state index contributed by atoms with van der Waals surface area (Å²) in [4.78, 5) is 16.6. The zero-order valence-corrected chi connectivity index (χ0v) is 11.2. The number of rotatable bonds is 2. The third-order valence-corrected chi connectivity index (χ3v) is 3.60. The monoisotopic (exact) mass is 291 g/mol. The minimum absolute atomic E-state index is 0.136. The van der Waals surface area contributed by atoms with E-state index < -0.39 is 11.9 Å². The molecule has 0 aliphatic carbocycles. The van der Waals surface area contributed by atoms with Crippen LogP contribution in [0.15, 0.2) is 28.8 Å². The highest BCUT2D eigenvalue weighted by atomic mass is 19.1. The van der Waals surface area contributed by atoms with Crippen LogP contribution in [-0.4, -0.2) is 39.3 Å². The summed E-state index contributed by atoms with van der Waals surface area (Å²) in [6.07, 6.45) is 0.574. The molecule has 1 saturated heterocycles. The maximum Gasteiger partial charge on any atom is 0.407 e. The molecule has 1 amide bonds. The van der Waals surface area contributed by atoms with Gasteiger partial charge in [-0.05, 0) is 25.0 Å². The molecule has 3 rings (SSSR count). The van der Waals surface area contributed by atoms with Gasteiger partial charge in [-0.1, -0.05) is 17.3 Å². The van der Waals surface area contributed by atoms with E-state index in [0.717, 1.165) is 12.8 Å². The van der Waals surface area contributed by atoms with Crippen molar-refractivity contribution in [1.29, 1.82) is 0 Å². The summed E-state index contributed by atoms with van der Waals surface area (Å²) >= 11 is 0. The van der Waals surface area contributed by atoms with Crippen LogP contribution < -0.4 is 0 Å². The highest BCUT2D eigenvalue weighted by Crippen LogP contribution is 2.28. The van der Waals surface area contributed by atoms with E-state index in [2.05, 4.69) is 10.1 Å². The van der Waals surface area contributed by atoms with Crippen LogP contribution in [0, 0.1) is 5.82 Å². The molecule has 2 aromatic rings. The highest BCUT2D eigenvalue weighted by molar-refractivity contribution is 5.65. The molecule has 1 aliphatic rings. The molecule has 0 spiro atoms. The van der Waals surface area contributed by atoms with Gasteiger partial charge < -0.3 is 14.5 Å². The first kappa shape index (κ1) is 13.5. The molecule has 6 nitrogen and oxygen atoms in total. The van der Waals surface area contributed by atoms with E-state index in [4.69, 9.17) is 9.63 Å². The standard InChI is InChI=1S/C14H14FN3O3/c15-11-6-2-1-5-10(11)12-16-13(21-17-12)9-4-3-7-18(8-9)14(19)20/h1-2,5-6,9H,3-4,7-8H2,(H,19,20). The first-order chi connectivity index (χ1) is 10.1. The van der Waals surface area contributed by atoms with E-state index in [1.165, 1.54) is 11.0 Å². The number of amides is 1. The van der Waals surface area contributed by atoms with Gasteiger partial charge in [0.15, 0.2) is 0 Å². The van der Waals surface area contributed by atoms with Crippen molar-refractivity contribution in [3.8, 4) is 11.4 Å². The van der Waals surface area contributed by atoms with Gasteiger partial charge in [-0.2, -0.15) is 4.98 Å². The summed E-state index contributed by atoms with van der Waals surface area (Å²) in [5, 5.41) is 12.8. The maximum absolute atomic E-state index is 13.7. The Kier molecular flexibility index (Phi) is 3.55. The summed E-state index contributed by atoms with van der Waals surface area (Å²) < 4.78 is 18.9. The van der Waals surface area contributed by atoms with Gasteiger partial charge in [0, 0.05) is 13.1 Å². The average Bonchev–Trinajstić information content (AvgIpc) is 2.97. The summed E-state index contributed by atoms with van der Waals surface area (Å²) in [7, 11) is 0. The maximum atomic E-state index is 13.7. The lowest BCUT2D eigenvalue weighted by atomic mass is 9.98. The topological polar surface area (TPSA) is 79.5 Å². The molecule has 0 bridgehead atoms. The molecule has 1 N–H and O–H groups in total. The summed E-state index contributed by atoms with van der Waals surface area (Å²) in [6, 6.07) is 6.19. The predicted octanol–water partition coefficient (Wildman–Crippen LogP) is 2.73. The Morgan fingerprint density at radius 1 is 1.43 bits per heavy atom. The number of hydrogen-bond donors (Lipinski definition) is 1. The first-order valence-electron chi connectivity index (χ1n) is 6.71. The van der Waals surface area contributed by atoms with Crippen LogP contribution in [0.5, 0.6) is 0 Å². The molecule has 110 valence electrons. The van der Waals surface area contributed by atoms with Gasteiger partial charge in [0.25, 0.3) is 0 Å². The fraction of sp³-hybridized carbons (Fsp3) is 0.357. The molecule has 0 radical (unpaired) electrons. The molecule has 1 aromatic carbocycles. The predicted molar refractivity (Wildman–Crippen MR) is 71.3 cm³/mol. The summed E-state index contributed by atoms with van der Waals surface area (Å²) in [6.45, 7) is 0.842. The van der Waals surface area contributed by atoms with Crippen LogP contribution in [0.25, 0.3) is 11.4 Å². The molecule has 1 aliphatic heterocycles. The lowest BCUT2D eigenvalue weighted by molar-refractivity contribution is 0.126. The summed E-state index contributed by atoms with van der Waals surface area (Å²) in [5.74, 6) is -0.00159. The molecular formula is C14H14FN3O3. The average molecular weight is 291 g/mol. The summed E-state index contributed by atoms with van der Waals surface area (Å²) in [5.41, 5.74) is 0.276. The van der Waals surface area contributed by atoms with E-state index in [-0.39, 0.29) is 17.3 Å². The molecule has 21 heavy (non-hydrogen) atoms. The Morgan fingerprint density at radius 2 is 2.24 bits per heavy atom. The molecule has 1 unspecified atom stereocenters. The number of piperidine rings is 1. The van der Waals surface area contributed by atoms with Gasteiger partial charge >= 0.3 is 6.09 Å². The number of hydrogen-bond acceptors (Lipinski definition) is 4. The Hall–Kier alpha value is -2.44. The first-order valence-corrected chi connectivity index (χ1v) is 6.71. The van der Waals surface area contributed by atoms with Crippen LogP contribution in [0.4, 0.5) is 9.18 Å². The van der Waals surface area contributed by atoms with Crippen molar-refractivity contribution in [2.45, 2.75) is 18.8 Å². The Balaban J connectivity index is 1.82. The molecule has 0 saturated carbocycles. The van der Waals surface area contributed by atoms with Crippen molar-refractivity contribution in [1.82, 2.24) is 15.0 Å². The lowest BCUT2D eigenvalue weighted by Gasteiger charge is -2.28. The second kappa shape index (κ2) is 5.51. The van der Waals surface area contributed by atoms with Crippen LogP contribution >= 0.6 is 0 Å². The van der Waals surface area contributed by atoms with E-state index in [1.54, 1.807) is 18.2 Å². The van der Waals surface area contributed by atoms with Gasteiger partial charge in [-0.25, -0.2) is 9.18 Å². The van der Waals surface area contributed by atoms with Crippen LogP contribution in [0.1, 0.15) is 24.7 Å².